The summed E-state index contributed by atoms with van der Waals surface area (Å²) in [4.78, 5) is 14.2. The Kier molecular flexibility index (Phi) is 3.62. The summed E-state index contributed by atoms with van der Waals surface area (Å²) < 4.78 is 24.8. The minimum absolute atomic E-state index is 0.0844. The lowest BCUT2D eigenvalue weighted by Crippen LogP contribution is -2.15. The lowest BCUT2D eigenvalue weighted by molar-refractivity contribution is 0.0696. The smallest absolute Gasteiger partial charge is 0.337 e. The highest BCUT2D eigenvalue weighted by Gasteiger charge is 2.10. The first kappa shape index (κ1) is 12.2. The van der Waals surface area contributed by atoms with E-state index >= 15 is 0 Å². The van der Waals surface area contributed by atoms with Gasteiger partial charge in [-0.3, -0.25) is 9.71 Å². The Bertz CT molecular complexity index is 510. The van der Waals surface area contributed by atoms with Crippen molar-refractivity contribution in [1.82, 2.24) is 4.98 Å². The summed E-state index contributed by atoms with van der Waals surface area (Å²) in [5.41, 5.74) is 0.0283. The molecule has 0 amide bonds. The van der Waals surface area contributed by atoms with E-state index in [1.165, 1.54) is 18.3 Å². The normalized spacial score (nSPS) is 10.8. The average Bonchev–Trinajstić information content (AvgIpc) is 2.17. The van der Waals surface area contributed by atoms with Crippen molar-refractivity contribution in [2.24, 2.45) is 0 Å². The second-order valence-electron chi connectivity index (χ2n) is 2.94. The molecule has 86 valence electrons. The number of carboxylic acids is 1. The number of carboxylic acid groups (broad SMARTS) is 1. The Morgan fingerprint density at radius 1 is 1.56 bits per heavy atom. The number of aromatic carboxylic acids is 1. The third kappa shape index (κ3) is 3.35. The van der Waals surface area contributed by atoms with Gasteiger partial charge in [-0.2, -0.15) is 0 Å². The Morgan fingerprint density at radius 3 is 2.81 bits per heavy atom. The number of hydrogen-bond donors (Lipinski definition) is 2. The van der Waals surface area contributed by atoms with Crippen LogP contribution in [0.15, 0.2) is 31.1 Å². The van der Waals surface area contributed by atoms with Gasteiger partial charge in [-0.1, -0.05) is 6.08 Å². The Hall–Kier alpha value is -1.89. The molecular formula is C9H10N2O4S. The van der Waals surface area contributed by atoms with Crippen LogP contribution in [0.3, 0.4) is 0 Å². The van der Waals surface area contributed by atoms with Crippen molar-refractivity contribution in [3.05, 3.63) is 36.7 Å². The maximum atomic E-state index is 11.3. The number of sulfonamides is 1. The molecule has 0 spiro atoms. The molecule has 0 unspecified atom stereocenters. The van der Waals surface area contributed by atoms with Gasteiger partial charge >= 0.3 is 5.97 Å². The fourth-order valence-corrected chi connectivity index (χ4v) is 1.85. The van der Waals surface area contributed by atoms with E-state index in [0.717, 1.165) is 6.20 Å². The van der Waals surface area contributed by atoms with Crippen LogP contribution in [0.25, 0.3) is 0 Å². The zero-order chi connectivity index (χ0) is 12.2. The summed E-state index contributed by atoms with van der Waals surface area (Å²) in [7, 11) is -3.53. The van der Waals surface area contributed by atoms with Crippen LogP contribution < -0.4 is 4.72 Å². The molecule has 0 aliphatic heterocycles. The van der Waals surface area contributed by atoms with Crippen LogP contribution in [0.5, 0.6) is 0 Å². The first-order valence-corrected chi connectivity index (χ1v) is 5.89. The highest BCUT2D eigenvalue weighted by molar-refractivity contribution is 7.92. The van der Waals surface area contributed by atoms with Crippen LogP contribution in [0.4, 0.5) is 5.69 Å². The van der Waals surface area contributed by atoms with Crippen LogP contribution >= 0.6 is 0 Å². The molecule has 0 aliphatic carbocycles. The molecule has 0 aliphatic rings. The molecular weight excluding hydrogens is 232 g/mol. The van der Waals surface area contributed by atoms with Crippen molar-refractivity contribution in [1.29, 1.82) is 0 Å². The van der Waals surface area contributed by atoms with Crippen molar-refractivity contribution in [2.45, 2.75) is 0 Å². The zero-order valence-electron chi connectivity index (χ0n) is 8.25. The number of nitrogens with zero attached hydrogens (tertiary/aromatic N) is 1. The number of pyridine rings is 1. The predicted octanol–water partition coefficient (Wildman–Crippen LogP) is 0.708. The molecule has 16 heavy (non-hydrogen) atoms. The van der Waals surface area contributed by atoms with E-state index < -0.39 is 16.0 Å². The van der Waals surface area contributed by atoms with E-state index in [0.29, 0.717) is 0 Å². The first-order valence-electron chi connectivity index (χ1n) is 4.24. The first-order chi connectivity index (χ1) is 7.44. The molecule has 1 aromatic rings. The number of aromatic nitrogens is 1. The second kappa shape index (κ2) is 4.75. The molecule has 0 aromatic carbocycles. The number of carbonyl (C=O) groups is 1. The highest BCUT2D eigenvalue weighted by Crippen LogP contribution is 2.10. The quantitative estimate of drug-likeness (QED) is 0.741. The van der Waals surface area contributed by atoms with Crippen molar-refractivity contribution in [3.63, 3.8) is 0 Å². The monoisotopic (exact) mass is 242 g/mol. The van der Waals surface area contributed by atoms with Crippen LogP contribution in [0.1, 0.15) is 10.4 Å². The highest BCUT2D eigenvalue weighted by atomic mass is 32.2. The van der Waals surface area contributed by atoms with E-state index in [1.54, 1.807) is 0 Å². The molecule has 0 radical (unpaired) electrons. The predicted molar refractivity (Wildman–Crippen MR) is 58.8 cm³/mol. The van der Waals surface area contributed by atoms with Gasteiger partial charge in [-0.25, -0.2) is 13.2 Å². The molecule has 6 nitrogen and oxygen atoms in total. The van der Waals surface area contributed by atoms with E-state index in [2.05, 4.69) is 16.3 Å². The van der Waals surface area contributed by atoms with Gasteiger partial charge in [0.1, 0.15) is 0 Å². The molecule has 1 heterocycles. The molecule has 0 atom stereocenters. The van der Waals surface area contributed by atoms with Gasteiger partial charge in [0, 0.05) is 6.20 Å². The topological polar surface area (TPSA) is 96.4 Å². The molecule has 1 aromatic heterocycles. The van der Waals surface area contributed by atoms with Crippen molar-refractivity contribution in [3.8, 4) is 0 Å². The largest absolute Gasteiger partial charge is 0.478 e. The fraction of sp³-hybridized carbons (Fsp3) is 0.111. The van der Waals surface area contributed by atoms with Crippen LogP contribution in [-0.2, 0) is 10.0 Å². The third-order valence-electron chi connectivity index (χ3n) is 1.60. The molecule has 0 saturated carbocycles. The minimum atomic E-state index is -3.53. The maximum absolute atomic E-state index is 11.3. The zero-order valence-corrected chi connectivity index (χ0v) is 9.07. The van der Waals surface area contributed by atoms with Crippen LogP contribution in [0, 0.1) is 0 Å². The maximum Gasteiger partial charge on any atom is 0.337 e. The van der Waals surface area contributed by atoms with Gasteiger partial charge < -0.3 is 5.11 Å². The molecule has 0 bridgehead atoms. The van der Waals surface area contributed by atoms with E-state index in [1.807, 2.05) is 0 Å². The SMILES string of the molecule is C=CCS(=O)(=O)Nc1cncc(C(=O)O)c1. The fourth-order valence-electron chi connectivity index (χ4n) is 0.989. The van der Waals surface area contributed by atoms with Crippen LogP contribution in [0.2, 0.25) is 0 Å². The molecule has 0 saturated heterocycles. The van der Waals surface area contributed by atoms with E-state index in [9.17, 15) is 13.2 Å². The lowest BCUT2D eigenvalue weighted by Gasteiger charge is -2.05. The number of nitrogens with one attached hydrogen (secondary N) is 1. The number of anilines is 1. The standard InChI is InChI=1S/C9H10N2O4S/c1-2-3-16(14,15)11-8-4-7(9(12)13)5-10-6-8/h2,4-6,11H,1,3H2,(H,12,13). The van der Waals surface area contributed by atoms with Gasteiger partial charge in [0.05, 0.1) is 23.2 Å². The van der Waals surface area contributed by atoms with Gasteiger partial charge in [-0.05, 0) is 6.07 Å². The van der Waals surface area contributed by atoms with Crippen LogP contribution in [-0.4, -0.2) is 30.2 Å². The average molecular weight is 242 g/mol. The summed E-state index contributed by atoms with van der Waals surface area (Å²) in [5, 5.41) is 8.68. The van der Waals surface area contributed by atoms with Crippen molar-refractivity contribution in [2.75, 3.05) is 10.5 Å². The summed E-state index contributed by atoms with van der Waals surface area (Å²) in [6, 6.07) is 1.19. The third-order valence-corrected chi connectivity index (χ3v) is 2.82. The van der Waals surface area contributed by atoms with E-state index in [4.69, 9.17) is 5.11 Å². The minimum Gasteiger partial charge on any atom is -0.478 e. The van der Waals surface area contributed by atoms with Crippen molar-refractivity contribution >= 4 is 21.7 Å². The molecule has 1 rings (SSSR count). The number of rotatable bonds is 5. The molecule has 2 N–H and O–H groups in total. The molecule has 0 fully saturated rings. The Morgan fingerprint density at radius 2 is 2.25 bits per heavy atom. The second-order valence-corrected chi connectivity index (χ2v) is 4.71. The number of hydrogen-bond acceptors (Lipinski definition) is 4. The Labute approximate surface area is 92.7 Å². The summed E-state index contributed by atoms with van der Waals surface area (Å²) >= 11 is 0. The van der Waals surface area contributed by atoms with Gasteiger partial charge in [0.15, 0.2) is 0 Å². The lowest BCUT2D eigenvalue weighted by atomic mass is 10.3. The van der Waals surface area contributed by atoms with Crippen molar-refractivity contribution < 1.29 is 18.3 Å². The van der Waals surface area contributed by atoms with E-state index in [-0.39, 0.29) is 17.0 Å². The van der Waals surface area contributed by atoms with Gasteiger partial charge in [0.2, 0.25) is 10.0 Å². The Balaban J connectivity index is 2.94. The summed E-state index contributed by atoms with van der Waals surface area (Å²) in [5.74, 6) is -1.41. The summed E-state index contributed by atoms with van der Waals surface area (Å²) in [6.07, 6.45) is 3.59. The van der Waals surface area contributed by atoms with Gasteiger partial charge in [0.25, 0.3) is 0 Å². The summed E-state index contributed by atoms with van der Waals surface area (Å²) in [6.45, 7) is 3.30. The van der Waals surface area contributed by atoms with Gasteiger partial charge in [-0.15, -0.1) is 6.58 Å². The molecule has 7 heteroatoms.